The number of hydrogen-bond acceptors (Lipinski definition) is 2. The molecule has 2 rings (SSSR count). The van der Waals surface area contributed by atoms with Crippen LogP contribution in [0.15, 0.2) is 18.2 Å². The van der Waals surface area contributed by atoms with Gasteiger partial charge in [-0.15, -0.1) is 0 Å². The minimum absolute atomic E-state index is 0.0681. The van der Waals surface area contributed by atoms with Crippen molar-refractivity contribution in [3.63, 3.8) is 0 Å². The summed E-state index contributed by atoms with van der Waals surface area (Å²) in [6, 6.07) is 5.07. The standard InChI is InChI=1S/C14H19ClFNO/c1-2-17-14(10-5-4-8-18-9-10)11-6-3-7-12(16)13(11)15/h3,6-7,10,14,17H,2,4-5,8-9H2,1H3. The van der Waals surface area contributed by atoms with Gasteiger partial charge in [-0.2, -0.15) is 0 Å². The van der Waals surface area contributed by atoms with Crippen LogP contribution in [0.25, 0.3) is 0 Å². The molecule has 0 saturated carbocycles. The summed E-state index contributed by atoms with van der Waals surface area (Å²) in [4.78, 5) is 0. The first-order valence-corrected chi connectivity index (χ1v) is 6.87. The third-order valence-corrected chi connectivity index (χ3v) is 3.81. The third kappa shape index (κ3) is 3.02. The molecule has 0 amide bonds. The highest BCUT2D eigenvalue weighted by atomic mass is 35.5. The predicted octanol–water partition coefficient (Wildman–Crippen LogP) is 3.56. The molecule has 2 atom stereocenters. The Labute approximate surface area is 112 Å². The van der Waals surface area contributed by atoms with Crippen molar-refractivity contribution in [1.82, 2.24) is 5.32 Å². The molecule has 0 radical (unpaired) electrons. The number of benzene rings is 1. The molecule has 1 aliphatic heterocycles. The van der Waals surface area contributed by atoms with Crippen LogP contribution in [0.1, 0.15) is 31.4 Å². The van der Waals surface area contributed by atoms with Gasteiger partial charge in [-0.1, -0.05) is 30.7 Å². The van der Waals surface area contributed by atoms with E-state index in [-0.39, 0.29) is 16.9 Å². The second kappa shape index (κ2) is 6.50. The van der Waals surface area contributed by atoms with Gasteiger partial charge in [0.25, 0.3) is 0 Å². The topological polar surface area (TPSA) is 21.3 Å². The molecule has 0 bridgehead atoms. The SMILES string of the molecule is CCNC(c1cccc(F)c1Cl)C1CCCOC1. The van der Waals surface area contributed by atoms with Crippen LogP contribution in [0.2, 0.25) is 5.02 Å². The Balaban J connectivity index is 2.25. The first kappa shape index (κ1) is 13.8. The normalized spacial score (nSPS) is 21.8. The van der Waals surface area contributed by atoms with E-state index in [0.717, 1.165) is 31.6 Å². The van der Waals surface area contributed by atoms with Crippen LogP contribution in [-0.4, -0.2) is 19.8 Å². The van der Waals surface area contributed by atoms with Gasteiger partial charge in [0, 0.05) is 18.6 Å². The van der Waals surface area contributed by atoms with E-state index in [1.807, 2.05) is 13.0 Å². The third-order valence-electron chi connectivity index (χ3n) is 3.41. The lowest BCUT2D eigenvalue weighted by Gasteiger charge is -2.31. The largest absolute Gasteiger partial charge is 0.381 e. The van der Waals surface area contributed by atoms with Gasteiger partial charge in [0.1, 0.15) is 5.82 Å². The monoisotopic (exact) mass is 271 g/mol. The van der Waals surface area contributed by atoms with E-state index in [9.17, 15) is 4.39 Å². The molecular formula is C14H19ClFNO. The van der Waals surface area contributed by atoms with Gasteiger partial charge in [-0.3, -0.25) is 0 Å². The first-order chi connectivity index (χ1) is 8.74. The van der Waals surface area contributed by atoms with Crippen LogP contribution in [0, 0.1) is 11.7 Å². The van der Waals surface area contributed by atoms with Crippen LogP contribution < -0.4 is 5.32 Å². The fourth-order valence-corrected chi connectivity index (χ4v) is 2.78. The fraction of sp³-hybridized carbons (Fsp3) is 0.571. The van der Waals surface area contributed by atoms with Gasteiger partial charge in [0.15, 0.2) is 0 Å². The average Bonchev–Trinajstić information content (AvgIpc) is 2.41. The van der Waals surface area contributed by atoms with Gasteiger partial charge in [-0.05, 0) is 31.0 Å². The van der Waals surface area contributed by atoms with E-state index in [1.165, 1.54) is 6.07 Å². The minimum atomic E-state index is -0.353. The lowest BCUT2D eigenvalue weighted by Crippen LogP contribution is -2.33. The maximum Gasteiger partial charge on any atom is 0.142 e. The summed E-state index contributed by atoms with van der Waals surface area (Å²) in [6.45, 7) is 4.41. The van der Waals surface area contributed by atoms with Crippen LogP contribution in [0.5, 0.6) is 0 Å². The molecule has 1 saturated heterocycles. The average molecular weight is 272 g/mol. The predicted molar refractivity (Wildman–Crippen MR) is 71.4 cm³/mol. The molecule has 100 valence electrons. The van der Waals surface area contributed by atoms with E-state index < -0.39 is 0 Å². The molecule has 2 nitrogen and oxygen atoms in total. The summed E-state index contributed by atoms with van der Waals surface area (Å²) in [7, 11) is 0. The van der Waals surface area contributed by atoms with Crippen LogP contribution in [-0.2, 0) is 4.74 Å². The smallest absolute Gasteiger partial charge is 0.142 e. The lowest BCUT2D eigenvalue weighted by atomic mass is 9.88. The Hall–Kier alpha value is -0.640. The van der Waals surface area contributed by atoms with Crippen LogP contribution >= 0.6 is 11.6 Å². The van der Waals surface area contributed by atoms with Gasteiger partial charge >= 0.3 is 0 Å². The number of halogens is 2. The molecule has 1 aliphatic rings. The summed E-state index contributed by atoms with van der Waals surface area (Å²) in [6.07, 6.45) is 2.14. The highest BCUT2D eigenvalue weighted by Crippen LogP contribution is 2.33. The van der Waals surface area contributed by atoms with Crippen molar-refractivity contribution in [3.8, 4) is 0 Å². The van der Waals surface area contributed by atoms with E-state index >= 15 is 0 Å². The fourth-order valence-electron chi connectivity index (χ4n) is 2.54. The molecule has 0 aromatic heterocycles. The molecule has 1 aromatic rings. The summed E-state index contributed by atoms with van der Waals surface area (Å²) < 4.78 is 19.1. The van der Waals surface area contributed by atoms with Gasteiger partial charge in [0.2, 0.25) is 0 Å². The Bertz CT molecular complexity index is 393. The second-order valence-corrected chi connectivity index (χ2v) is 5.03. The van der Waals surface area contributed by atoms with Crippen LogP contribution in [0.4, 0.5) is 4.39 Å². The molecule has 0 aliphatic carbocycles. The maximum atomic E-state index is 13.6. The first-order valence-electron chi connectivity index (χ1n) is 6.49. The molecular weight excluding hydrogens is 253 g/mol. The Kier molecular flexibility index (Phi) is 4.98. The van der Waals surface area contributed by atoms with E-state index in [4.69, 9.17) is 16.3 Å². The lowest BCUT2D eigenvalue weighted by molar-refractivity contribution is 0.0392. The van der Waals surface area contributed by atoms with Crippen molar-refractivity contribution >= 4 is 11.6 Å². The molecule has 1 aromatic carbocycles. The Morgan fingerprint density at radius 1 is 1.56 bits per heavy atom. The van der Waals surface area contributed by atoms with Gasteiger partial charge < -0.3 is 10.1 Å². The minimum Gasteiger partial charge on any atom is -0.381 e. The number of ether oxygens (including phenoxy) is 1. The molecule has 18 heavy (non-hydrogen) atoms. The zero-order valence-corrected chi connectivity index (χ0v) is 11.3. The van der Waals surface area contributed by atoms with Crippen molar-refractivity contribution < 1.29 is 9.13 Å². The van der Waals surface area contributed by atoms with E-state index in [2.05, 4.69) is 5.32 Å². The zero-order chi connectivity index (χ0) is 13.0. The molecule has 1 heterocycles. The summed E-state index contributed by atoms with van der Waals surface area (Å²) in [5, 5.41) is 3.64. The molecule has 1 fully saturated rings. The van der Waals surface area contributed by atoms with Crippen molar-refractivity contribution in [1.29, 1.82) is 0 Å². The van der Waals surface area contributed by atoms with Crippen molar-refractivity contribution in [2.45, 2.75) is 25.8 Å². The zero-order valence-electron chi connectivity index (χ0n) is 10.6. The number of nitrogens with one attached hydrogen (secondary N) is 1. The molecule has 4 heteroatoms. The second-order valence-electron chi connectivity index (χ2n) is 4.66. The van der Waals surface area contributed by atoms with Crippen molar-refractivity contribution in [2.24, 2.45) is 5.92 Å². The summed E-state index contributed by atoms with van der Waals surface area (Å²) in [5.41, 5.74) is 0.842. The number of rotatable bonds is 4. The van der Waals surface area contributed by atoms with E-state index in [1.54, 1.807) is 6.07 Å². The van der Waals surface area contributed by atoms with Gasteiger partial charge in [-0.25, -0.2) is 4.39 Å². The van der Waals surface area contributed by atoms with Gasteiger partial charge in [0.05, 0.1) is 11.6 Å². The van der Waals surface area contributed by atoms with Crippen molar-refractivity contribution in [2.75, 3.05) is 19.8 Å². The highest BCUT2D eigenvalue weighted by molar-refractivity contribution is 6.31. The summed E-state index contributed by atoms with van der Waals surface area (Å²) in [5.74, 6) is 0.00629. The summed E-state index contributed by atoms with van der Waals surface area (Å²) >= 11 is 6.09. The quantitative estimate of drug-likeness (QED) is 0.904. The Morgan fingerprint density at radius 2 is 2.39 bits per heavy atom. The number of hydrogen-bond donors (Lipinski definition) is 1. The highest BCUT2D eigenvalue weighted by Gasteiger charge is 2.27. The maximum absolute atomic E-state index is 13.6. The van der Waals surface area contributed by atoms with E-state index in [0.29, 0.717) is 12.5 Å². The molecule has 2 unspecified atom stereocenters. The van der Waals surface area contributed by atoms with Crippen LogP contribution in [0.3, 0.4) is 0 Å². The Morgan fingerprint density at radius 3 is 3.06 bits per heavy atom. The molecule has 1 N–H and O–H groups in total. The molecule has 0 spiro atoms. The van der Waals surface area contributed by atoms with Crippen molar-refractivity contribution in [3.05, 3.63) is 34.6 Å².